The topological polar surface area (TPSA) is 37.3 Å². The molecule has 1 saturated carbocycles. The van der Waals surface area contributed by atoms with Gasteiger partial charge in [0.05, 0.1) is 0 Å². The molecule has 1 rings (SSSR count). The summed E-state index contributed by atoms with van der Waals surface area (Å²) in [5.41, 5.74) is 0. The normalized spacial score (nSPS) is 14.8. The van der Waals surface area contributed by atoms with Crippen LogP contribution in [0.2, 0.25) is 0 Å². The van der Waals surface area contributed by atoms with E-state index in [0.717, 1.165) is 6.42 Å². The van der Waals surface area contributed by atoms with E-state index >= 15 is 0 Å². The summed E-state index contributed by atoms with van der Waals surface area (Å²) >= 11 is 0. The molecule has 1 fully saturated rings. The Hall–Kier alpha value is -0.0105. The predicted octanol–water partition coefficient (Wildman–Crippen LogP) is 3.21. The Morgan fingerprint density at radius 2 is 1.38 bits per heavy atom. The minimum absolute atomic E-state index is 0. The number of aliphatic carboxylic acids is 1. The van der Waals surface area contributed by atoms with E-state index in [1.807, 2.05) is 6.92 Å². The van der Waals surface area contributed by atoms with Gasteiger partial charge in [-0.2, -0.15) is 0 Å². The maximum absolute atomic E-state index is 9.60. The van der Waals surface area contributed by atoms with Crippen molar-refractivity contribution in [1.29, 1.82) is 0 Å². The second-order valence-electron chi connectivity index (χ2n) is 3.27. The van der Waals surface area contributed by atoms with Crippen LogP contribution in [0.5, 0.6) is 0 Å². The smallest absolute Gasteiger partial charge is 0.303 e. The van der Waals surface area contributed by atoms with E-state index in [4.69, 9.17) is 5.11 Å². The number of hydrogen-bond donors (Lipinski definition) is 1. The van der Waals surface area contributed by atoms with Gasteiger partial charge in [-0.3, -0.25) is 4.79 Å². The zero-order chi connectivity index (χ0) is 9.23. The summed E-state index contributed by atoms with van der Waals surface area (Å²) in [7, 11) is 0. The quantitative estimate of drug-likeness (QED) is 0.747. The summed E-state index contributed by atoms with van der Waals surface area (Å²) in [6, 6.07) is 0. The van der Waals surface area contributed by atoms with Crippen molar-refractivity contribution in [2.24, 2.45) is 0 Å². The molecule has 3 heteroatoms. The molecule has 0 aliphatic heterocycles. The van der Waals surface area contributed by atoms with Gasteiger partial charge in [0.2, 0.25) is 0 Å². The summed E-state index contributed by atoms with van der Waals surface area (Å²) in [5.74, 6) is -0.711. The SMILES string of the molecule is C1CCCCC1.CCCC(=O)O.[Cu]. The molecule has 1 N–H and O–H groups in total. The summed E-state index contributed by atoms with van der Waals surface area (Å²) in [4.78, 5) is 9.60. The van der Waals surface area contributed by atoms with Crippen molar-refractivity contribution >= 4 is 5.97 Å². The number of carboxylic acid groups (broad SMARTS) is 1. The van der Waals surface area contributed by atoms with E-state index in [1.54, 1.807) is 0 Å². The Kier molecular flexibility index (Phi) is 14.3. The third-order valence-corrected chi connectivity index (χ3v) is 1.96. The molecule has 0 atom stereocenters. The molecule has 0 aromatic heterocycles. The molecule has 1 radical (unpaired) electrons. The molecule has 0 unspecified atom stereocenters. The van der Waals surface area contributed by atoms with Gasteiger partial charge >= 0.3 is 5.97 Å². The van der Waals surface area contributed by atoms with Gasteiger partial charge in [-0.05, 0) is 6.42 Å². The van der Waals surface area contributed by atoms with Gasteiger partial charge in [0.25, 0.3) is 0 Å². The molecule has 13 heavy (non-hydrogen) atoms. The zero-order valence-corrected chi connectivity index (χ0v) is 9.26. The molecule has 0 saturated heterocycles. The molecule has 2 nitrogen and oxygen atoms in total. The van der Waals surface area contributed by atoms with Crippen LogP contribution < -0.4 is 0 Å². The fraction of sp³-hybridized carbons (Fsp3) is 0.900. The van der Waals surface area contributed by atoms with Crippen LogP contribution in [0.15, 0.2) is 0 Å². The fourth-order valence-electron chi connectivity index (χ4n) is 1.27. The van der Waals surface area contributed by atoms with Gasteiger partial charge in [-0.25, -0.2) is 0 Å². The van der Waals surface area contributed by atoms with Gasteiger partial charge in [-0.15, -0.1) is 0 Å². The van der Waals surface area contributed by atoms with E-state index in [1.165, 1.54) is 38.5 Å². The predicted molar refractivity (Wildman–Crippen MR) is 50.2 cm³/mol. The first kappa shape index (κ1) is 15.5. The van der Waals surface area contributed by atoms with Crippen LogP contribution in [-0.2, 0) is 21.9 Å². The van der Waals surface area contributed by atoms with Crippen molar-refractivity contribution < 1.29 is 27.0 Å². The number of carboxylic acids is 1. The average Bonchev–Trinajstić information content (AvgIpc) is 2.08. The summed E-state index contributed by atoms with van der Waals surface area (Å²) in [6.45, 7) is 1.84. The Balaban J connectivity index is 0. The number of rotatable bonds is 2. The first-order valence-electron chi connectivity index (χ1n) is 4.99. The van der Waals surface area contributed by atoms with E-state index < -0.39 is 5.97 Å². The third-order valence-electron chi connectivity index (χ3n) is 1.96. The Labute approximate surface area is 91.6 Å². The van der Waals surface area contributed by atoms with E-state index in [2.05, 4.69) is 0 Å². The van der Waals surface area contributed by atoms with Crippen molar-refractivity contribution in [2.75, 3.05) is 0 Å². The van der Waals surface area contributed by atoms with E-state index in [9.17, 15) is 4.79 Å². The molecule has 0 aromatic rings. The molecule has 0 amide bonds. The minimum Gasteiger partial charge on any atom is -0.481 e. The van der Waals surface area contributed by atoms with Gasteiger partial charge < -0.3 is 5.11 Å². The van der Waals surface area contributed by atoms with Crippen LogP contribution in [0.4, 0.5) is 0 Å². The standard InChI is InChI=1S/C6H12.C4H8O2.Cu/c1-2-4-6-5-3-1;1-2-3-4(5)6;/h1-6H2;2-3H2,1H3,(H,5,6);. The first-order chi connectivity index (χ1) is 5.77. The van der Waals surface area contributed by atoms with Crippen molar-refractivity contribution in [1.82, 2.24) is 0 Å². The Morgan fingerprint density at radius 1 is 1.08 bits per heavy atom. The zero-order valence-electron chi connectivity index (χ0n) is 8.31. The first-order valence-corrected chi connectivity index (χ1v) is 4.99. The van der Waals surface area contributed by atoms with Crippen LogP contribution in [0, 0.1) is 0 Å². The second-order valence-corrected chi connectivity index (χ2v) is 3.27. The van der Waals surface area contributed by atoms with Crippen molar-refractivity contribution in [3.05, 3.63) is 0 Å². The van der Waals surface area contributed by atoms with E-state index in [-0.39, 0.29) is 17.1 Å². The molecule has 0 spiro atoms. The summed E-state index contributed by atoms with van der Waals surface area (Å²) < 4.78 is 0. The molecule has 0 aromatic carbocycles. The third kappa shape index (κ3) is 14.8. The minimum atomic E-state index is -0.711. The summed E-state index contributed by atoms with van der Waals surface area (Å²) in [5, 5.41) is 7.91. The van der Waals surface area contributed by atoms with Crippen LogP contribution in [0.25, 0.3) is 0 Å². The molecular formula is C10H20CuO2. The average molecular weight is 236 g/mol. The Morgan fingerprint density at radius 3 is 1.46 bits per heavy atom. The maximum atomic E-state index is 9.60. The molecular weight excluding hydrogens is 216 g/mol. The molecule has 0 heterocycles. The van der Waals surface area contributed by atoms with Crippen LogP contribution >= 0.6 is 0 Å². The number of hydrogen-bond acceptors (Lipinski definition) is 1. The monoisotopic (exact) mass is 235 g/mol. The maximum Gasteiger partial charge on any atom is 0.303 e. The van der Waals surface area contributed by atoms with Crippen molar-refractivity contribution in [2.45, 2.75) is 58.3 Å². The Bertz CT molecular complexity index is 100.0. The van der Waals surface area contributed by atoms with Gasteiger partial charge in [0.15, 0.2) is 0 Å². The molecule has 1 aliphatic rings. The fourth-order valence-corrected chi connectivity index (χ4v) is 1.27. The van der Waals surface area contributed by atoms with Gasteiger partial charge in [0.1, 0.15) is 0 Å². The molecule has 0 bridgehead atoms. The number of carbonyl (C=O) groups is 1. The van der Waals surface area contributed by atoms with Crippen molar-refractivity contribution in [3.8, 4) is 0 Å². The van der Waals surface area contributed by atoms with Crippen molar-refractivity contribution in [3.63, 3.8) is 0 Å². The molecule has 1 aliphatic carbocycles. The van der Waals surface area contributed by atoms with Gasteiger partial charge in [-0.1, -0.05) is 45.4 Å². The molecule has 83 valence electrons. The van der Waals surface area contributed by atoms with E-state index in [0.29, 0.717) is 6.42 Å². The largest absolute Gasteiger partial charge is 0.481 e. The van der Waals surface area contributed by atoms with Gasteiger partial charge in [0, 0.05) is 23.5 Å². The van der Waals surface area contributed by atoms with Crippen LogP contribution in [0.1, 0.15) is 58.3 Å². The van der Waals surface area contributed by atoms with Crippen LogP contribution in [-0.4, -0.2) is 11.1 Å². The van der Waals surface area contributed by atoms with Crippen LogP contribution in [0.3, 0.4) is 0 Å². The second kappa shape index (κ2) is 12.0. The summed E-state index contributed by atoms with van der Waals surface area (Å²) in [6.07, 6.45) is 10.0.